The number of hydrogen-bond acceptors (Lipinski definition) is 4. The standard InChI is InChI=1S/C18H16FNO3S/c19-15-4-2-1-3-13(15)9-10-23-14-7-5-12(6-8-14)11-16-17(21)20-18(22)24-16/h1-8,16H,9-11H2,(H,20,21,22). The van der Waals surface area contributed by atoms with E-state index in [-0.39, 0.29) is 22.2 Å². The van der Waals surface area contributed by atoms with E-state index in [9.17, 15) is 14.0 Å². The summed E-state index contributed by atoms with van der Waals surface area (Å²) in [6.07, 6.45) is 0.993. The minimum absolute atomic E-state index is 0.224. The predicted octanol–water partition coefficient (Wildman–Crippen LogP) is 3.34. The number of halogens is 1. The smallest absolute Gasteiger partial charge is 0.286 e. The molecule has 4 nitrogen and oxygen atoms in total. The quantitative estimate of drug-likeness (QED) is 0.872. The summed E-state index contributed by atoms with van der Waals surface area (Å²) in [7, 11) is 0. The maximum Gasteiger partial charge on any atom is 0.286 e. The lowest BCUT2D eigenvalue weighted by molar-refractivity contribution is -0.118. The van der Waals surface area contributed by atoms with Gasteiger partial charge in [0.25, 0.3) is 5.24 Å². The van der Waals surface area contributed by atoms with Gasteiger partial charge in [0.15, 0.2) is 0 Å². The van der Waals surface area contributed by atoms with Gasteiger partial charge >= 0.3 is 0 Å². The molecule has 2 aromatic carbocycles. The number of hydrogen-bond donors (Lipinski definition) is 1. The van der Waals surface area contributed by atoms with Crippen LogP contribution in [0, 0.1) is 5.82 Å². The van der Waals surface area contributed by atoms with Crippen LogP contribution < -0.4 is 10.1 Å². The van der Waals surface area contributed by atoms with Crippen LogP contribution in [0.4, 0.5) is 9.18 Å². The lowest BCUT2D eigenvalue weighted by Gasteiger charge is -2.09. The zero-order valence-corrected chi connectivity index (χ0v) is 13.6. The Labute approximate surface area is 143 Å². The molecule has 24 heavy (non-hydrogen) atoms. The van der Waals surface area contributed by atoms with Crippen molar-refractivity contribution < 1.29 is 18.7 Å². The third-order valence-electron chi connectivity index (χ3n) is 3.71. The molecule has 1 atom stereocenters. The highest BCUT2D eigenvalue weighted by Crippen LogP contribution is 2.24. The molecule has 0 aromatic heterocycles. The Kier molecular flexibility index (Phi) is 5.15. The number of amides is 2. The average Bonchev–Trinajstić information content (AvgIpc) is 2.88. The van der Waals surface area contributed by atoms with E-state index in [1.54, 1.807) is 18.2 Å². The third kappa shape index (κ3) is 4.14. The summed E-state index contributed by atoms with van der Waals surface area (Å²) in [4.78, 5) is 22.7. The normalized spacial score (nSPS) is 17.0. The Morgan fingerprint density at radius 2 is 1.83 bits per heavy atom. The molecule has 1 fully saturated rings. The van der Waals surface area contributed by atoms with E-state index in [1.807, 2.05) is 24.3 Å². The minimum atomic E-state index is -0.370. The van der Waals surface area contributed by atoms with Crippen molar-refractivity contribution >= 4 is 22.9 Å². The van der Waals surface area contributed by atoms with Gasteiger partial charge in [-0.2, -0.15) is 0 Å². The lowest BCUT2D eigenvalue weighted by Crippen LogP contribution is -2.25. The molecule has 0 saturated carbocycles. The topological polar surface area (TPSA) is 55.4 Å². The Balaban J connectivity index is 1.50. The zero-order chi connectivity index (χ0) is 16.9. The van der Waals surface area contributed by atoms with Crippen LogP contribution in [0.2, 0.25) is 0 Å². The molecular weight excluding hydrogens is 329 g/mol. The molecule has 1 unspecified atom stereocenters. The number of imide groups is 1. The molecule has 1 heterocycles. The second-order valence-electron chi connectivity index (χ2n) is 5.42. The molecule has 2 aromatic rings. The zero-order valence-electron chi connectivity index (χ0n) is 12.8. The Morgan fingerprint density at radius 3 is 2.50 bits per heavy atom. The summed E-state index contributed by atoms with van der Waals surface area (Å²) in [6.45, 7) is 0.385. The van der Waals surface area contributed by atoms with Crippen molar-refractivity contribution in [2.75, 3.05) is 6.61 Å². The molecule has 1 N–H and O–H groups in total. The van der Waals surface area contributed by atoms with Crippen LogP contribution >= 0.6 is 11.8 Å². The third-order valence-corrected chi connectivity index (χ3v) is 4.69. The molecular formula is C18H16FNO3S. The molecule has 2 amide bonds. The van der Waals surface area contributed by atoms with Crippen molar-refractivity contribution in [2.45, 2.75) is 18.1 Å². The molecule has 0 radical (unpaired) electrons. The van der Waals surface area contributed by atoms with Gasteiger partial charge in [-0.05, 0) is 35.7 Å². The summed E-state index contributed by atoms with van der Waals surface area (Å²) < 4.78 is 19.1. The number of thioether (sulfide) groups is 1. The second kappa shape index (κ2) is 7.49. The number of rotatable bonds is 6. The van der Waals surface area contributed by atoms with Gasteiger partial charge in [-0.3, -0.25) is 14.9 Å². The molecule has 3 rings (SSSR count). The first-order valence-corrected chi connectivity index (χ1v) is 8.46. The first kappa shape index (κ1) is 16.5. The molecule has 1 saturated heterocycles. The van der Waals surface area contributed by atoms with E-state index < -0.39 is 0 Å². The fourth-order valence-corrected chi connectivity index (χ4v) is 3.30. The van der Waals surface area contributed by atoms with Crippen LogP contribution in [0.15, 0.2) is 48.5 Å². The van der Waals surface area contributed by atoms with E-state index in [1.165, 1.54) is 6.07 Å². The van der Waals surface area contributed by atoms with Gasteiger partial charge in [0.1, 0.15) is 11.6 Å². The van der Waals surface area contributed by atoms with Crippen LogP contribution in [0.3, 0.4) is 0 Å². The van der Waals surface area contributed by atoms with Gasteiger partial charge < -0.3 is 4.74 Å². The molecule has 6 heteroatoms. The number of carbonyl (C=O) groups excluding carboxylic acids is 2. The van der Waals surface area contributed by atoms with E-state index in [2.05, 4.69) is 5.32 Å². The molecule has 0 aliphatic carbocycles. The van der Waals surface area contributed by atoms with Crippen molar-refractivity contribution in [1.82, 2.24) is 5.32 Å². The highest BCUT2D eigenvalue weighted by atomic mass is 32.2. The summed E-state index contributed by atoms with van der Waals surface area (Å²) in [5.74, 6) is 0.225. The van der Waals surface area contributed by atoms with Gasteiger partial charge in [-0.15, -0.1) is 0 Å². The fraction of sp³-hybridized carbons (Fsp3) is 0.222. The number of ether oxygens (including phenoxy) is 1. The number of carbonyl (C=O) groups is 2. The van der Waals surface area contributed by atoms with Crippen LogP contribution in [-0.4, -0.2) is 23.0 Å². The highest BCUT2D eigenvalue weighted by molar-refractivity contribution is 8.15. The van der Waals surface area contributed by atoms with Crippen molar-refractivity contribution in [3.05, 3.63) is 65.5 Å². The van der Waals surface area contributed by atoms with Gasteiger partial charge in [-0.1, -0.05) is 42.1 Å². The molecule has 1 aliphatic rings. The summed E-state index contributed by atoms with van der Waals surface area (Å²) in [5.41, 5.74) is 1.59. The van der Waals surface area contributed by atoms with Crippen molar-refractivity contribution in [1.29, 1.82) is 0 Å². The van der Waals surface area contributed by atoms with Crippen LogP contribution in [0.25, 0.3) is 0 Å². The minimum Gasteiger partial charge on any atom is -0.493 e. The maximum atomic E-state index is 13.5. The Morgan fingerprint density at radius 1 is 1.08 bits per heavy atom. The summed E-state index contributed by atoms with van der Waals surface area (Å²) >= 11 is 1.02. The average molecular weight is 345 g/mol. The van der Waals surface area contributed by atoms with Gasteiger partial charge in [0, 0.05) is 6.42 Å². The van der Waals surface area contributed by atoms with Gasteiger partial charge in [-0.25, -0.2) is 4.39 Å². The summed E-state index contributed by atoms with van der Waals surface area (Å²) in [6, 6.07) is 14.0. The van der Waals surface area contributed by atoms with Crippen molar-refractivity contribution in [3.63, 3.8) is 0 Å². The molecule has 0 bridgehead atoms. The first-order chi connectivity index (χ1) is 11.6. The first-order valence-electron chi connectivity index (χ1n) is 7.58. The van der Waals surface area contributed by atoms with Crippen LogP contribution in [-0.2, 0) is 17.6 Å². The highest BCUT2D eigenvalue weighted by Gasteiger charge is 2.31. The lowest BCUT2D eigenvalue weighted by atomic mass is 10.1. The van der Waals surface area contributed by atoms with Gasteiger partial charge in [0.2, 0.25) is 5.91 Å². The maximum absolute atomic E-state index is 13.5. The van der Waals surface area contributed by atoms with E-state index in [4.69, 9.17) is 4.74 Å². The SMILES string of the molecule is O=C1NC(=O)C(Cc2ccc(OCCc3ccccc3F)cc2)S1. The van der Waals surface area contributed by atoms with Crippen molar-refractivity contribution in [3.8, 4) is 5.75 Å². The van der Waals surface area contributed by atoms with E-state index in [0.717, 1.165) is 17.3 Å². The molecule has 124 valence electrons. The fourth-order valence-electron chi connectivity index (χ4n) is 2.44. The van der Waals surface area contributed by atoms with Crippen LogP contribution in [0.1, 0.15) is 11.1 Å². The Bertz CT molecular complexity index is 748. The van der Waals surface area contributed by atoms with E-state index >= 15 is 0 Å². The van der Waals surface area contributed by atoms with Crippen molar-refractivity contribution in [2.24, 2.45) is 0 Å². The van der Waals surface area contributed by atoms with Crippen LogP contribution in [0.5, 0.6) is 5.75 Å². The Hall–Kier alpha value is -2.34. The monoisotopic (exact) mass is 345 g/mol. The largest absolute Gasteiger partial charge is 0.493 e. The molecule has 0 spiro atoms. The van der Waals surface area contributed by atoms with E-state index in [0.29, 0.717) is 30.8 Å². The summed E-state index contributed by atoms with van der Waals surface area (Å²) in [5, 5.41) is 1.61. The second-order valence-corrected chi connectivity index (χ2v) is 6.60. The predicted molar refractivity (Wildman–Crippen MR) is 90.7 cm³/mol. The number of benzene rings is 2. The molecule has 1 aliphatic heterocycles. The number of nitrogens with one attached hydrogen (secondary N) is 1. The van der Waals surface area contributed by atoms with Gasteiger partial charge in [0.05, 0.1) is 11.9 Å².